The quantitative estimate of drug-likeness (QED) is 0.730. The van der Waals surface area contributed by atoms with Crippen LogP contribution in [0.25, 0.3) is 0 Å². The lowest BCUT2D eigenvalue weighted by atomic mass is 10.1. The van der Waals surface area contributed by atoms with E-state index >= 15 is 0 Å². The van der Waals surface area contributed by atoms with Crippen molar-refractivity contribution in [1.29, 1.82) is 0 Å². The number of aromatic nitrogens is 1. The molecule has 2 heterocycles. The first kappa shape index (κ1) is 11.9. The molecule has 0 saturated carbocycles. The van der Waals surface area contributed by atoms with Gasteiger partial charge in [0.1, 0.15) is 0 Å². The highest BCUT2D eigenvalue weighted by molar-refractivity contribution is 5.94. The van der Waals surface area contributed by atoms with Gasteiger partial charge in [-0.05, 0) is 19.9 Å². The van der Waals surface area contributed by atoms with Crippen LogP contribution in [0, 0.1) is 0 Å². The van der Waals surface area contributed by atoms with Crippen LogP contribution >= 0.6 is 0 Å². The molecule has 0 unspecified atom stereocenters. The summed E-state index contributed by atoms with van der Waals surface area (Å²) in [6.07, 6.45) is 1.47. The third-order valence-corrected chi connectivity index (χ3v) is 2.88. The number of H-pyrrole nitrogens is 1. The van der Waals surface area contributed by atoms with E-state index in [1.807, 2.05) is 4.90 Å². The van der Waals surface area contributed by atoms with E-state index in [0.717, 1.165) is 0 Å². The number of piperazine rings is 1. The summed E-state index contributed by atoms with van der Waals surface area (Å²) in [5.41, 5.74) is 0.342. The Bertz CT molecular complexity index is 439. The number of pyridine rings is 1. The van der Waals surface area contributed by atoms with Gasteiger partial charge in [0.25, 0.3) is 5.91 Å². The van der Waals surface area contributed by atoms with Crippen LogP contribution in [-0.4, -0.2) is 41.0 Å². The first-order valence-electron chi connectivity index (χ1n) is 5.80. The van der Waals surface area contributed by atoms with Crippen molar-refractivity contribution in [3.8, 4) is 0 Å². The normalized spacial score (nSPS) is 24.7. The van der Waals surface area contributed by atoms with Crippen LogP contribution in [-0.2, 0) is 0 Å². The molecule has 5 nitrogen and oxygen atoms in total. The second-order valence-corrected chi connectivity index (χ2v) is 4.62. The minimum absolute atomic E-state index is 0.0264. The number of hydrogen-bond acceptors (Lipinski definition) is 3. The van der Waals surface area contributed by atoms with Gasteiger partial charge in [0, 0.05) is 37.4 Å². The minimum atomic E-state index is -0.191. The number of carbonyl (C=O) groups is 1. The summed E-state index contributed by atoms with van der Waals surface area (Å²) in [4.78, 5) is 27.5. The van der Waals surface area contributed by atoms with Gasteiger partial charge in [0.05, 0.1) is 5.56 Å². The zero-order valence-corrected chi connectivity index (χ0v) is 10.1. The molecular formula is C12H17N3O2. The van der Waals surface area contributed by atoms with Crippen molar-refractivity contribution in [3.63, 3.8) is 0 Å². The van der Waals surface area contributed by atoms with Gasteiger partial charge in [-0.1, -0.05) is 0 Å². The Hall–Kier alpha value is -1.62. The Kier molecular flexibility index (Phi) is 3.28. The van der Waals surface area contributed by atoms with Crippen molar-refractivity contribution in [3.05, 3.63) is 34.2 Å². The fourth-order valence-electron chi connectivity index (χ4n) is 2.22. The lowest BCUT2D eigenvalue weighted by Gasteiger charge is -2.36. The first-order valence-corrected chi connectivity index (χ1v) is 5.80. The van der Waals surface area contributed by atoms with Gasteiger partial charge in [-0.3, -0.25) is 9.59 Å². The average Bonchev–Trinajstić information content (AvgIpc) is 2.28. The molecule has 2 rings (SSSR count). The molecule has 0 aromatic carbocycles. The Morgan fingerprint density at radius 2 is 1.94 bits per heavy atom. The molecule has 1 aromatic rings. The highest BCUT2D eigenvalue weighted by Gasteiger charge is 2.25. The Labute approximate surface area is 99.8 Å². The second kappa shape index (κ2) is 4.71. The number of rotatable bonds is 1. The monoisotopic (exact) mass is 235 g/mol. The largest absolute Gasteiger partial charge is 0.335 e. The van der Waals surface area contributed by atoms with Gasteiger partial charge in [-0.15, -0.1) is 0 Å². The molecule has 2 atom stereocenters. The Morgan fingerprint density at radius 1 is 1.29 bits per heavy atom. The van der Waals surface area contributed by atoms with E-state index in [1.54, 1.807) is 6.07 Å². The number of nitrogens with one attached hydrogen (secondary N) is 2. The molecule has 1 fully saturated rings. The average molecular weight is 235 g/mol. The highest BCUT2D eigenvalue weighted by atomic mass is 16.2. The lowest BCUT2D eigenvalue weighted by molar-refractivity contribution is 0.0673. The zero-order chi connectivity index (χ0) is 12.4. The molecule has 17 heavy (non-hydrogen) atoms. The molecule has 0 spiro atoms. The van der Waals surface area contributed by atoms with Crippen LogP contribution in [0.1, 0.15) is 24.2 Å². The SMILES string of the molecule is C[C@@H]1CN(C(=O)c2ccc(=O)[nH]c2)C[C@H](C)N1. The van der Waals surface area contributed by atoms with Crippen LogP contribution in [0.2, 0.25) is 0 Å². The maximum absolute atomic E-state index is 12.2. The Morgan fingerprint density at radius 3 is 2.47 bits per heavy atom. The standard InChI is InChI=1S/C12H17N3O2/c1-8-6-15(7-9(2)14-8)12(17)10-3-4-11(16)13-5-10/h3-5,8-9,14H,6-7H2,1-2H3,(H,13,16)/t8-,9+. The molecule has 1 saturated heterocycles. The summed E-state index contributed by atoms with van der Waals surface area (Å²) in [5, 5.41) is 3.37. The van der Waals surface area contributed by atoms with Gasteiger partial charge in [-0.25, -0.2) is 0 Å². The maximum Gasteiger partial charge on any atom is 0.255 e. The molecule has 1 amide bonds. The number of amides is 1. The molecule has 92 valence electrons. The van der Waals surface area contributed by atoms with Crippen molar-refractivity contribution < 1.29 is 4.79 Å². The van der Waals surface area contributed by atoms with E-state index < -0.39 is 0 Å². The summed E-state index contributed by atoms with van der Waals surface area (Å²) >= 11 is 0. The van der Waals surface area contributed by atoms with Crippen LogP contribution in [0.3, 0.4) is 0 Å². The molecule has 0 radical (unpaired) electrons. The van der Waals surface area contributed by atoms with E-state index in [9.17, 15) is 9.59 Å². The van der Waals surface area contributed by atoms with Gasteiger partial charge in [0.15, 0.2) is 0 Å². The van der Waals surface area contributed by atoms with E-state index in [1.165, 1.54) is 12.3 Å². The maximum atomic E-state index is 12.2. The summed E-state index contributed by atoms with van der Waals surface area (Å²) in [7, 11) is 0. The number of aromatic amines is 1. The molecule has 0 aliphatic carbocycles. The smallest absolute Gasteiger partial charge is 0.255 e. The predicted octanol–water partition coefficient (Wildman–Crippen LogP) is 0.197. The molecule has 1 aliphatic heterocycles. The number of nitrogens with zero attached hydrogens (tertiary/aromatic N) is 1. The van der Waals surface area contributed by atoms with Crippen LogP contribution in [0.15, 0.2) is 23.1 Å². The molecule has 5 heteroatoms. The van der Waals surface area contributed by atoms with Gasteiger partial charge in [0.2, 0.25) is 5.56 Å². The molecular weight excluding hydrogens is 218 g/mol. The molecule has 1 aliphatic rings. The lowest BCUT2D eigenvalue weighted by Crippen LogP contribution is -2.55. The van der Waals surface area contributed by atoms with Crippen LogP contribution < -0.4 is 10.9 Å². The first-order chi connectivity index (χ1) is 8.06. The van der Waals surface area contributed by atoms with Crippen molar-refractivity contribution in [2.45, 2.75) is 25.9 Å². The molecule has 1 aromatic heterocycles. The number of carbonyl (C=O) groups excluding carboxylic acids is 1. The van der Waals surface area contributed by atoms with Gasteiger partial charge < -0.3 is 15.2 Å². The summed E-state index contributed by atoms with van der Waals surface area (Å²) < 4.78 is 0. The van der Waals surface area contributed by atoms with Crippen LogP contribution in [0.4, 0.5) is 0 Å². The van der Waals surface area contributed by atoms with Gasteiger partial charge >= 0.3 is 0 Å². The fraction of sp³-hybridized carbons (Fsp3) is 0.500. The van der Waals surface area contributed by atoms with Crippen LogP contribution in [0.5, 0.6) is 0 Å². The van der Waals surface area contributed by atoms with E-state index in [2.05, 4.69) is 24.1 Å². The van der Waals surface area contributed by atoms with Crippen molar-refractivity contribution in [2.75, 3.05) is 13.1 Å². The van der Waals surface area contributed by atoms with Crippen molar-refractivity contribution in [2.24, 2.45) is 0 Å². The van der Waals surface area contributed by atoms with E-state index in [0.29, 0.717) is 30.7 Å². The van der Waals surface area contributed by atoms with E-state index in [4.69, 9.17) is 0 Å². The highest BCUT2D eigenvalue weighted by Crippen LogP contribution is 2.08. The summed E-state index contributed by atoms with van der Waals surface area (Å²) in [6.45, 7) is 5.51. The predicted molar refractivity (Wildman–Crippen MR) is 65.0 cm³/mol. The van der Waals surface area contributed by atoms with Gasteiger partial charge in [-0.2, -0.15) is 0 Å². The van der Waals surface area contributed by atoms with Crippen molar-refractivity contribution in [1.82, 2.24) is 15.2 Å². The topological polar surface area (TPSA) is 65.2 Å². The fourth-order valence-corrected chi connectivity index (χ4v) is 2.22. The van der Waals surface area contributed by atoms with E-state index in [-0.39, 0.29) is 11.5 Å². The summed E-state index contributed by atoms with van der Waals surface area (Å²) in [6, 6.07) is 3.54. The molecule has 0 bridgehead atoms. The van der Waals surface area contributed by atoms with Crippen molar-refractivity contribution >= 4 is 5.91 Å². The molecule has 2 N–H and O–H groups in total. The Balaban J connectivity index is 2.14. The zero-order valence-electron chi connectivity index (χ0n) is 10.1. The number of hydrogen-bond donors (Lipinski definition) is 2. The second-order valence-electron chi connectivity index (χ2n) is 4.62. The third-order valence-electron chi connectivity index (χ3n) is 2.88. The minimum Gasteiger partial charge on any atom is -0.335 e. The third kappa shape index (κ3) is 2.74. The summed E-state index contributed by atoms with van der Waals surface area (Å²) in [5.74, 6) is -0.0264.